The van der Waals surface area contributed by atoms with E-state index >= 15 is 0 Å². The van der Waals surface area contributed by atoms with Gasteiger partial charge in [0.05, 0.1) is 6.61 Å². The van der Waals surface area contributed by atoms with Gasteiger partial charge in [0, 0.05) is 12.9 Å². The average Bonchev–Trinajstić information content (AvgIpc) is 3.00. The van der Waals surface area contributed by atoms with Gasteiger partial charge in [-0.3, -0.25) is 13.9 Å². The van der Waals surface area contributed by atoms with Gasteiger partial charge in [0.1, 0.15) is 24.6 Å². The highest BCUT2D eigenvalue weighted by Gasteiger charge is 2.60. The number of nitrogens with two attached hydrogens (primary N) is 1. The molecule has 186 valence electrons. The highest BCUT2D eigenvalue weighted by molar-refractivity contribution is 7.56. The van der Waals surface area contributed by atoms with E-state index in [9.17, 15) is 28.0 Å². The number of anilines is 1. The molecule has 14 heteroatoms. The summed E-state index contributed by atoms with van der Waals surface area (Å²) < 4.78 is 57.9. The number of hydrogen-bond donors (Lipinski definition) is 3. The largest absolute Gasteiger partial charge is 0.460 e. The van der Waals surface area contributed by atoms with Crippen LogP contribution in [0.2, 0.25) is 0 Å². The van der Waals surface area contributed by atoms with Crippen LogP contribution in [0.25, 0.3) is 0 Å². The molecule has 1 fully saturated rings. The molecule has 11 nitrogen and oxygen atoms in total. The van der Waals surface area contributed by atoms with Crippen molar-refractivity contribution in [3.8, 4) is 0 Å². The first-order chi connectivity index (χ1) is 15.9. The number of aromatic nitrogens is 2. The number of carbonyl (C=O) groups is 1. The van der Waals surface area contributed by atoms with Gasteiger partial charge in [0.15, 0.2) is 6.10 Å². The number of carbonyl (C=O) groups excluding carboxylic acids is 1. The molecule has 1 aromatic heterocycles. The second-order valence-corrected chi connectivity index (χ2v) is 9.98. The third-order valence-corrected chi connectivity index (χ3v) is 6.47. The lowest BCUT2D eigenvalue weighted by molar-refractivity contribution is -0.146. The summed E-state index contributed by atoms with van der Waals surface area (Å²) in [4.78, 5) is 27.5. The van der Waals surface area contributed by atoms with Crippen molar-refractivity contribution in [3.05, 3.63) is 58.6 Å². The average molecular weight is 502 g/mol. The summed E-state index contributed by atoms with van der Waals surface area (Å²) in [6.45, 7) is 1.84. The summed E-state index contributed by atoms with van der Waals surface area (Å²) in [6.07, 6.45) is -5.20. The lowest BCUT2D eigenvalue weighted by Gasteiger charge is -2.22. The van der Waals surface area contributed by atoms with E-state index in [0.717, 1.165) is 24.5 Å². The third kappa shape index (κ3) is 6.05. The fraction of sp³-hybridized carbons (Fsp3) is 0.450. The van der Waals surface area contributed by atoms with Gasteiger partial charge < -0.3 is 24.8 Å². The summed E-state index contributed by atoms with van der Waals surface area (Å²) >= 11 is 0. The fourth-order valence-electron chi connectivity index (χ4n) is 3.22. The maximum Gasteiger partial charge on any atom is 0.351 e. The molecule has 1 aliphatic heterocycles. The van der Waals surface area contributed by atoms with Crippen LogP contribution in [0.4, 0.5) is 14.6 Å². The zero-order valence-electron chi connectivity index (χ0n) is 18.3. The lowest BCUT2D eigenvalue weighted by atomic mass is 10.1. The molecule has 2 aromatic rings. The van der Waals surface area contributed by atoms with Crippen molar-refractivity contribution in [1.29, 1.82) is 0 Å². The monoisotopic (exact) mass is 502 g/mol. The van der Waals surface area contributed by atoms with Crippen LogP contribution in [0.3, 0.4) is 0 Å². The number of ether oxygens (including phenoxy) is 2. The van der Waals surface area contributed by atoms with E-state index in [-0.39, 0.29) is 12.4 Å². The van der Waals surface area contributed by atoms with E-state index in [0.29, 0.717) is 4.57 Å². The zero-order valence-corrected chi connectivity index (χ0v) is 19.2. The number of nitrogen functional groups attached to an aromatic ring is 1. The van der Waals surface area contributed by atoms with Crippen molar-refractivity contribution in [2.75, 3.05) is 19.0 Å². The van der Waals surface area contributed by atoms with Gasteiger partial charge in [0.2, 0.25) is 6.23 Å². The standard InChI is InChI=1S/C20H25F2N4O7P/c1-12(17(28)31-10-13-6-4-3-5-7-13)25-34(2,30)32-11-14-16(27)20(21,22)18(33-14)26-9-8-15(23)24-19(26)29/h3-9,12,14,16,18,27H,10-11H2,1-2H3,(H,25,30)(H2,23,24,29)/t12-,14+,16-,18+,34?/m0/s1. The third-order valence-electron chi connectivity index (χ3n) is 4.97. The minimum atomic E-state index is -3.88. The van der Waals surface area contributed by atoms with Crippen LogP contribution in [0.1, 0.15) is 18.7 Å². The highest BCUT2D eigenvalue weighted by Crippen LogP contribution is 2.45. The Balaban J connectivity index is 1.57. The summed E-state index contributed by atoms with van der Waals surface area (Å²) in [6, 6.07) is 9.00. The van der Waals surface area contributed by atoms with Crippen LogP contribution < -0.4 is 16.5 Å². The van der Waals surface area contributed by atoms with Gasteiger partial charge in [0.25, 0.3) is 7.52 Å². The molecule has 1 aromatic carbocycles. The van der Waals surface area contributed by atoms with Gasteiger partial charge in [-0.2, -0.15) is 13.8 Å². The summed E-state index contributed by atoms with van der Waals surface area (Å²) in [7, 11) is -3.71. The number of aliphatic hydroxyl groups excluding tert-OH is 1. The molecule has 1 saturated heterocycles. The smallest absolute Gasteiger partial charge is 0.351 e. The van der Waals surface area contributed by atoms with Crippen LogP contribution in [0, 0.1) is 0 Å². The van der Waals surface area contributed by atoms with Gasteiger partial charge in [-0.05, 0) is 18.6 Å². The molecule has 1 unspecified atom stereocenters. The van der Waals surface area contributed by atoms with Crippen LogP contribution in [-0.4, -0.2) is 58.1 Å². The Hall–Kier alpha value is -2.70. The molecule has 34 heavy (non-hydrogen) atoms. The molecule has 5 atom stereocenters. The van der Waals surface area contributed by atoms with Crippen LogP contribution >= 0.6 is 7.52 Å². The Bertz CT molecular complexity index is 1120. The highest BCUT2D eigenvalue weighted by atomic mass is 31.2. The number of aliphatic hydroxyl groups is 1. The van der Waals surface area contributed by atoms with E-state index < -0.39 is 56.2 Å². The summed E-state index contributed by atoms with van der Waals surface area (Å²) in [5.74, 6) is -4.75. The summed E-state index contributed by atoms with van der Waals surface area (Å²) in [5.41, 5.74) is 5.03. The van der Waals surface area contributed by atoms with E-state index in [1.807, 2.05) is 6.07 Å². The zero-order chi connectivity index (χ0) is 25.1. The molecule has 1 aliphatic rings. The van der Waals surface area contributed by atoms with Gasteiger partial charge in [-0.25, -0.2) is 9.88 Å². The quantitative estimate of drug-likeness (QED) is 0.337. The van der Waals surface area contributed by atoms with Crippen LogP contribution in [0.15, 0.2) is 47.4 Å². The molecule has 3 rings (SSSR count). The van der Waals surface area contributed by atoms with E-state index in [1.54, 1.807) is 24.3 Å². The maximum absolute atomic E-state index is 14.6. The number of nitrogens with zero attached hydrogens (tertiary/aromatic N) is 2. The number of hydrogen-bond acceptors (Lipinski definition) is 9. The normalized spacial score (nSPS) is 24.3. The molecule has 4 N–H and O–H groups in total. The second kappa shape index (κ2) is 10.3. The molecule has 0 aliphatic carbocycles. The Morgan fingerprint density at radius 2 is 2.06 bits per heavy atom. The lowest BCUT2D eigenvalue weighted by Crippen LogP contribution is -2.42. The fourth-order valence-corrected chi connectivity index (χ4v) is 4.54. The van der Waals surface area contributed by atoms with Crippen molar-refractivity contribution >= 4 is 19.3 Å². The Morgan fingerprint density at radius 3 is 2.71 bits per heavy atom. The Kier molecular flexibility index (Phi) is 7.84. The predicted octanol–water partition coefficient (Wildman–Crippen LogP) is 1.28. The molecule has 2 heterocycles. The van der Waals surface area contributed by atoms with Crippen molar-refractivity contribution in [1.82, 2.24) is 14.6 Å². The second-order valence-electron chi connectivity index (χ2n) is 7.77. The Labute approximate surface area is 193 Å². The first-order valence-electron chi connectivity index (χ1n) is 10.2. The molecular weight excluding hydrogens is 477 g/mol. The SMILES string of the molecule is C[C@H](NP(C)(=O)OC[C@H]1O[C@@H](n2ccc(N)nc2=O)C(F)(F)[C@H]1O)C(=O)OCc1ccccc1. The molecular formula is C20H25F2N4O7P. The number of halogens is 2. The van der Waals surface area contributed by atoms with Crippen molar-refractivity contribution in [2.24, 2.45) is 0 Å². The van der Waals surface area contributed by atoms with E-state index in [4.69, 9.17) is 19.7 Å². The predicted molar refractivity (Wildman–Crippen MR) is 116 cm³/mol. The van der Waals surface area contributed by atoms with Crippen molar-refractivity contribution in [2.45, 2.75) is 43.9 Å². The van der Waals surface area contributed by atoms with Crippen molar-refractivity contribution in [3.63, 3.8) is 0 Å². The van der Waals surface area contributed by atoms with E-state index in [1.165, 1.54) is 6.92 Å². The molecule has 0 saturated carbocycles. The molecule has 0 amide bonds. The summed E-state index contributed by atoms with van der Waals surface area (Å²) in [5, 5.41) is 12.5. The maximum atomic E-state index is 14.6. The van der Waals surface area contributed by atoms with E-state index in [2.05, 4.69) is 10.1 Å². The molecule has 0 spiro atoms. The number of alkyl halides is 2. The van der Waals surface area contributed by atoms with Gasteiger partial charge in [-0.15, -0.1) is 0 Å². The first kappa shape index (κ1) is 25.9. The number of esters is 1. The van der Waals surface area contributed by atoms with Crippen molar-refractivity contribution < 1.29 is 37.2 Å². The van der Waals surface area contributed by atoms with Gasteiger partial charge in [-0.1, -0.05) is 30.3 Å². The minimum absolute atomic E-state index is 0.0124. The first-order valence-corrected chi connectivity index (χ1v) is 12.2. The number of rotatable bonds is 9. The van der Waals surface area contributed by atoms with Crippen LogP contribution in [0.5, 0.6) is 0 Å². The molecule has 0 radical (unpaired) electrons. The number of nitrogens with one attached hydrogen (secondary N) is 1. The molecule has 0 bridgehead atoms. The number of benzene rings is 1. The topological polar surface area (TPSA) is 155 Å². The van der Waals surface area contributed by atoms with Gasteiger partial charge >= 0.3 is 17.6 Å². The van der Waals surface area contributed by atoms with Crippen LogP contribution in [-0.2, 0) is 30.0 Å². The Morgan fingerprint density at radius 1 is 1.38 bits per heavy atom. The minimum Gasteiger partial charge on any atom is -0.460 e.